The Balaban J connectivity index is 3.36. The van der Waals surface area contributed by atoms with Crippen molar-refractivity contribution in [1.29, 1.82) is 0 Å². The molecule has 0 spiro atoms. The third-order valence-corrected chi connectivity index (χ3v) is 5.35. The molecule has 2 atom stereocenters. The number of aryl methyl sites for hydroxylation is 2. The van der Waals surface area contributed by atoms with E-state index in [-0.39, 0.29) is 17.7 Å². The second-order valence-corrected chi connectivity index (χ2v) is 9.90. The number of hydrogen-bond acceptors (Lipinski definition) is 4. The molecule has 3 amide bonds. The number of likely N-dealkylation sites (N-methyl/N-ethyl adjacent to an activating group) is 1. The van der Waals surface area contributed by atoms with Crippen molar-refractivity contribution in [3.05, 3.63) is 34.9 Å². The molecule has 1 rings (SSSR count). The van der Waals surface area contributed by atoms with Crippen molar-refractivity contribution < 1.29 is 19.1 Å². The number of nitrogens with one attached hydrogen (secondary N) is 2. The maximum Gasteiger partial charge on any atom is 0.408 e. The van der Waals surface area contributed by atoms with E-state index in [0.29, 0.717) is 13.1 Å². The van der Waals surface area contributed by atoms with Crippen LogP contribution in [0.25, 0.3) is 0 Å². The molecule has 0 bridgehead atoms. The molecule has 0 aliphatic carbocycles. The standard InChI is InChI=1S/C26H43N3O4/c1-10-12-15-27-23(30)22(20-16-18(5)13-14-19(20)6)29(11-2)24(31)21(17(3)4)28-25(32)33-26(7,8)9/h13-14,16-17,21-22H,10-12,15H2,1-9H3,(H,27,30)(H,28,32). The highest BCUT2D eigenvalue weighted by atomic mass is 16.6. The fourth-order valence-corrected chi connectivity index (χ4v) is 3.58. The lowest BCUT2D eigenvalue weighted by atomic mass is 9.95. The number of rotatable bonds is 10. The predicted octanol–water partition coefficient (Wildman–Crippen LogP) is 4.66. The van der Waals surface area contributed by atoms with Gasteiger partial charge in [0.25, 0.3) is 0 Å². The van der Waals surface area contributed by atoms with E-state index in [9.17, 15) is 14.4 Å². The van der Waals surface area contributed by atoms with Crippen LogP contribution in [0, 0.1) is 19.8 Å². The molecular weight excluding hydrogens is 418 g/mol. The summed E-state index contributed by atoms with van der Waals surface area (Å²) in [5, 5.41) is 5.72. The van der Waals surface area contributed by atoms with Crippen molar-refractivity contribution in [2.45, 2.75) is 92.8 Å². The molecule has 0 heterocycles. The topological polar surface area (TPSA) is 87.7 Å². The fourth-order valence-electron chi connectivity index (χ4n) is 3.58. The first-order valence-corrected chi connectivity index (χ1v) is 12.0. The van der Waals surface area contributed by atoms with Crippen LogP contribution in [-0.2, 0) is 14.3 Å². The van der Waals surface area contributed by atoms with Crippen molar-refractivity contribution in [3.63, 3.8) is 0 Å². The summed E-state index contributed by atoms with van der Waals surface area (Å²) in [5.41, 5.74) is 2.06. The van der Waals surface area contributed by atoms with Gasteiger partial charge in [-0.1, -0.05) is 51.0 Å². The fraction of sp³-hybridized carbons (Fsp3) is 0.654. The van der Waals surface area contributed by atoms with Crippen LogP contribution in [0.3, 0.4) is 0 Å². The Morgan fingerprint density at radius 3 is 2.24 bits per heavy atom. The molecule has 2 N–H and O–H groups in total. The van der Waals surface area contributed by atoms with Crippen molar-refractivity contribution in [3.8, 4) is 0 Å². The Hall–Kier alpha value is -2.57. The molecule has 0 saturated heterocycles. The molecular formula is C26H43N3O4. The number of alkyl carbamates (subject to hydrolysis) is 1. The van der Waals surface area contributed by atoms with Crippen molar-refractivity contribution in [1.82, 2.24) is 15.5 Å². The number of benzene rings is 1. The maximum atomic E-state index is 13.7. The van der Waals surface area contributed by atoms with E-state index in [2.05, 4.69) is 17.6 Å². The molecule has 7 nitrogen and oxygen atoms in total. The van der Waals surface area contributed by atoms with Gasteiger partial charge in [0.2, 0.25) is 11.8 Å². The van der Waals surface area contributed by atoms with Gasteiger partial charge in [0.05, 0.1) is 0 Å². The minimum Gasteiger partial charge on any atom is -0.444 e. The molecule has 7 heteroatoms. The second kappa shape index (κ2) is 12.6. The minimum absolute atomic E-state index is 0.193. The molecule has 0 saturated carbocycles. The summed E-state index contributed by atoms with van der Waals surface area (Å²) in [7, 11) is 0. The van der Waals surface area contributed by atoms with Gasteiger partial charge < -0.3 is 20.3 Å². The number of amides is 3. The zero-order valence-electron chi connectivity index (χ0n) is 21.9. The molecule has 0 radical (unpaired) electrons. The molecule has 1 aromatic carbocycles. The normalized spacial score (nSPS) is 13.3. The van der Waals surface area contributed by atoms with E-state index >= 15 is 0 Å². The number of ether oxygens (including phenoxy) is 1. The van der Waals surface area contributed by atoms with Crippen LogP contribution < -0.4 is 10.6 Å². The lowest BCUT2D eigenvalue weighted by molar-refractivity contribution is -0.143. The largest absolute Gasteiger partial charge is 0.444 e. The molecule has 1 aromatic rings. The van der Waals surface area contributed by atoms with E-state index in [0.717, 1.165) is 29.5 Å². The van der Waals surface area contributed by atoms with Crippen molar-refractivity contribution in [2.75, 3.05) is 13.1 Å². The minimum atomic E-state index is -0.823. The van der Waals surface area contributed by atoms with Crippen LogP contribution in [0.5, 0.6) is 0 Å². The lowest BCUT2D eigenvalue weighted by Gasteiger charge is -2.35. The van der Waals surface area contributed by atoms with Gasteiger partial charge in [-0.25, -0.2) is 4.79 Å². The third kappa shape index (κ3) is 8.71. The van der Waals surface area contributed by atoms with Gasteiger partial charge in [-0.2, -0.15) is 0 Å². The molecule has 0 fully saturated rings. The maximum absolute atomic E-state index is 13.7. The van der Waals surface area contributed by atoms with Crippen LogP contribution in [-0.4, -0.2) is 47.5 Å². The summed E-state index contributed by atoms with van der Waals surface area (Å²) in [5.74, 6) is -0.719. The summed E-state index contributed by atoms with van der Waals surface area (Å²) in [4.78, 5) is 41.1. The number of hydrogen-bond donors (Lipinski definition) is 2. The first kappa shape index (κ1) is 28.5. The van der Waals surface area contributed by atoms with Gasteiger partial charge in [0, 0.05) is 13.1 Å². The smallest absolute Gasteiger partial charge is 0.408 e. The average molecular weight is 462 g/mol. The Labute approximate surface area is 199 Å². The molecule has 0 aromatic heterocycles. The summed E-state index contributed by atoms with van der Waals surface area (Å²) in [6.07, 6.45) is 1.17. The van der Waals surface area contributed by atoms with Crippen LogP contribution in [0.1, 0.15) is 84.0 Å². The van der Waals surface area contributed by atoms with Crippen molar-refractivity contribution in [2.24, 2.45) is 5.92 Å². The summed E-state index contributed by atoms with van der Waals surface area (Å²) in [6, 6.07) is 4.30. The Bertz CT molecular complexity index is 814. The van der Waals surface area contributed by atoms with Crippen LogP contribution in [0.15, 0.2) is 18.2 Å². The Kier molecular flexibility index (Phi) is 10.9. The Morgan fingerprint density at radius 1 is 1.09 bits per heavy atom. The molecule has 186 valence electrons. The number of carbonyl (C=O) groups is 3. The zero-order valence-corrected chi connectivity index (χ0v) is 21.9. The Morgan fingerprint density at radius 2 is 1.73 bits per heavy atom. The summed E-state index contributed by atoms with van der Waals surface area (Å²) < 4.78 is 5.37. The highest BCUT2D eigenvalue weighted by molar-refractivity contribution is 5.92. The second-order valence-electron chi connectivity index (χ2n) is 9.90. The van der Waals surface area contributed by atoms with Gasteiger partial charge in [-0.3, -0.25) is 9.59 Å². The highest BCUT2D eigenvalue weighted by Gasteiger charge is 2.37. The third-order valence-electron chi connectivity index (χ3n) is 5.35. The van der Waals surface area contributed by atoms with Crippen LogP contribution >= 0.6 is 0 Å². The van der Waals surface area contributed by atoms with Gasteiger partial charge in [-0.15, -0.1) is 0 Å². The molecule has 0 aliphatic rings. The van der Waals surface area contributed by atoms with Gasteiger partial charge in [0.1, 0.15) is 17.7 Å². The number of carbonyl (C=O) groups excluding carboxylic acids is 3. The van der Waals surface area contributed by atoms with Gasteiger partial charge in [0.15, 0.2) is 0 Å². The molecule has 2 unspecified atom stereocenters. The van der Waals surface area contributed by atoms with Crippen LogP contribution in [0.2, 0.25) is 0 Å². The molecule has 0 aliphatic heterocycles. The zero-order chi connectivity index (χ0) is 25.3. The van der Waals surface area contributed by atoms with E-state index in [1.54, 1.807) is 25.7 Å². The first-order valence-electron chi connectivity index (χ1n) is 12.0. The number of nitrogens with zero attached hydrogens (tertiary/aromatic N) is 1. The first-order chi connectivity index (χ1) is 15.3. The van der Waals surface area contributed by atoms with E-state index in [4.69, 9.17) is 4.74 Å². The van der Waals surface area contributed by atoms with E-state index in [1.807, 2.05) is 52.8 Å². The van der Waals surface area contributed by atoms with Gasteiger partial charge in [-0.05, 0) is 65.0 Å². The SMILES string of the molecule is CCCCNC(=O)C(c1cc(C)ccc1C)N(CC)C(=O)C(NC(=O)OC(C)(C)C)C(C)C. The quantitative estimate of drug-likeness (QED) is 0.496. The molecule has 33 heavy (non-hydrogen) atoms. The predicted molar refractivity (Wildman–Crippen MR) is 132 cm³/mol. The summed E-state index contributed by atoms with van der Waals surface area (Å²) >= 11 is 0. The average Bonchev–Trinajstić information content (AvgIpc) is 2.70. The summed E-state index contributed by atoms with van der Waals surface area (Å²) in [6.45, 7) is 17.7. The van der Waals surface area contributed by atoms with E-state index in [1.165, 1.54) is 0 Å². The number of unbranched alkanes of at least 4 members (excludes halogenated alkanes) is 1. The lowest BCUT2D eigenvalue weighted by Crippen LogP contribution is -2.55. The van der Waals surface area contributed by atoms with Gasteiger partial charge >= 0.3 is 6.09 Å². The van der Waals surface area contributed by atoms with E-state index < -0.39 is 23.8 Å². The highest BCUT2D eigenvalue weighted by Crippen LogP contribution is 2.27. The monoisotopic (exact) mass is 461 g/mol. The van der Waals surface area contributed by atoms with Crippen LogP contribution in [0.4, 0.5) is 4.79 Å². The van der Waals surface area contributed by atoms with Crippen molar-refractivity contribution >= 4 is 17.9 Å².